The summed E-state index contributed by atoms with van der Waals surface area (Å²) in [6, 6.07) is -3.61. The van der Waals surface area contributed by atoms with Gasteiger partial charge >= 0.3 is 0 Å². The van der Waals surface area contributed by atoms with Crippen LogP contribution in [0.3, 0.4) is 0 Å². The number of rotatable bonds is 30. The van der Waals surface area contributed by atoms with E-state index in [4.69, 9.17) is 90.0 Å². The van der Waals surface area contributed by atoms with E-state index >= 15 is 0 Å². The summed E-state index contributed by atoms with van der Waals surface area (Å²) in [6.07, 6.45) is -101. The summed E-state index contributed by atoms with van der Waals surface area (Å²) < 4.78 is 110. The summed E-state index contributed by atoms with van der Waals surface area (Å²) in [7, 11) is 0. The molecule has 0 bridgehead atoms. The van der Waals surface area contributed by atoms with Crippen molar-refractivity contribution < 1.29 is 253 Å². The van der Waals surface area contributed by atoms with Gasteiger partial charge < -0.3 is 254 Å². The molecule has 10 heterocycles. The Hall–Kier alpha value is -3.02. The fraction of sp³-hybridized carbons (Fsp3) is 0.969. The van der Waals surface area contributed by atoms with Crippen LogP contribution < -0.4 is 10.6 Å². The van der Waals surface area contributed by atoms with E-state index in [1.165, 1.54) is 0 Å². The molecule has 10 aliphatic heterocycles. The number of carbonyl (C=O) groups excluding carboxylic acids is 2. The Bertz CT molecular complexity index is 3050. The second-order valence-electron chi connectivity index (χ2n) is 29.6. The van der Waals surface area contributed by atoms with Crippen LogP contribution in [0.25, 0.3) is 0 Å². The normalized spacial score (nSPS) is 51.5. The van der Waals surface area contributed by atoms with Gasteiger partial charge in [-0.3, -0.25) is 9.59 Å². The Morgan fingerprint density at radius 2 is 0.462 bits per heavy atom. The molecule has 32 N–H and O–H groups in total. The summed E-state index contributed by atoms with van der Waals surface area (Å²) in [6.45, 7) is -8.82. The molecule has 0 aromatic rings. The highest BCUT2D eigenvalue weighted by molar-refractivity contribution is 5.73. The molecule has 50 atom stereocenters. The van der Waals surface area contributed by atoms with Crippen LogP contribution in [-0.2, 0) is 99.6 Å². The molecule has 117 heavy (non-hydrogen) atoms. The average molecular weight is 1720 g/mol. The minimum Gasteiger partial charge on any atom is -0.394 e. The molecule has 2 amide bonds. The minimum absolute atomic E-state index is 0.799. The highest BCUT2D eigenvalue weighted by Gasteiger charge is 2.61. The summed E-state index contributed by atoms with van der Waals surface area (Å²) in [4.78, 5) is 25.1. The van der Waals surface area contributed by atoms with Gasteiger partial charge in [-0.15, -0.1) is 0 Å². The van der Waals surface area contributed by atoms with Crippen molar-refractivity contribution in [3.63, 3.8) is 0 Å². The lowest BCUT2D eigenvalue weighted by Gasteiger charge is -2.50. The predicted octanol–water partition coefficient (Wildman–Crippen LogP) is -22.5. The van der Waals surface area contributed by atoms with Crippen LogP contribution in [0.5, 0.6) is 0 Å². The first-order valence-corrected chi connectivity index (χ1v) is 37.2. The molecular weight excluding hydrogens is 1610 g/mol. The smallest absolute Gasteiger partial charge is 0.217 e. The zero-order chi connectivity index (χ0) is 85.9. The molecule has 0 saturated carbocycles. The average Bonchev–Trinajstić information content (AvgIpc) is 0.770. The number of ether oxygens (including phenoxy) is 19. The number of aliphatic hydroxyl groups is 30. The zero-order valence-corrected chi connectivity index (χ0v) is 61.9. The third-order valence-electron chi connectivity index (χ3n) is 21.6. The lowest BCUT2D eigenvalue weighted by Crippen LogP contribution is -2.70. The summed E-state index contributed by atoms with van der Waals surface area (Å²) >= 11 is 0. The molecule has 0 radical (unpaired) electrons. The first-order chi connectivity index (χ1) is 55.4. The molecule has 0 unspecified atom stereocenters. The SMILES string of the molecule is CC(=O)N[C@@H]1[C@@H](O)[C@H](O[C@@H]2O[C@H](CO)[C@@H](O[C@@H]3O[C@H](CO[C@H]4O[C@H](CO[C@H]5O[C@H](CO)[C@@H](O)[C@H](O[C@H]6O[C@H](CO)[C@@H](O)[C@H](O)[C@@H]6O)[C@@H]5O)[C@@H](O)[C@H](O)[C@@H]4O)[C@@H](O)[C@H](O[C@H]4O[C@H](CO[C@H]5O[C@H](CO)[C@@H](O)[C@H](O)[C@@H]5O[C@H]5O[C@H](CO)[C@@H](O)[C@H](O)[C@@H]5O)[C@@H](O)[C@H](O[C@H]5O[C@H](CO)[C@@H](O)[C@H](O)[C@@H]5O)[C@@H]4O)[C@@H]3O)[C@H](O)[C@H]2NC(C)=O)[C@@H](CO)O[C@H]1O. The molecule has 0 spiro atoms. The number of aliphatic hydroxyl groups excluding tert-OH is 30. The lowest BCUT2D eigenvalue weighted by molar-refractivity contribution is -0.397. The Labute approximate surface area is 660 Å². The standard InChI is InChI=1S/C64H108N2O51/c1-13(74)65-25-35(84)49(20(8-72)102-55(25)98)112-56-26(66-14(2)75)36(85)50(21(9-73)108-56)113-62-47(96)53(33(82)23(110-62)11-99-57-42(91)40(89)31(80)22(109-57)10-100-58-46(95)51(32(81)19(7-71)103-58)114-59-43(92)37(86)27(76)15(3-67)104-59)116-63-48(97)52(115-60-44(93)38(87)28(77)16(4-68)105-60)34(83)24(111-63)12-101-64-54(41(90)30(79)18(6-70)107-64)117-61-45(94)39(88)29(78)17(5-69)106-61/h15-64,67-73,76-98H,3-12H2,1-2H3,(H,65,74)(H,66,75)/t15-,16-,17-,18-,19-,20-,21-,22-,23-,24-,25-,26-,27-,28-,29-,30-,31-,32-,33-,34-,35-,36-,37+,38+,39+,40+,41+,42+,43+,44+,45+,46+,47+,48+,49-,50-,51+,52+,53+,54+,55-,56+,57+,58+,59-,60-,61-,62+,63-,64+/m1/s1. The lowest BCUT2D eigenvalue weighted by atomic mass is 9.94. The maximum Gasteiger partial charge on any atom is 0.217 e. The highest BCUT2D eigenvalue weighted by atomic mass is 16.8. The molecular formula is C64H108N2O51. The third-order valence-corrected chi connectivity index (χ3v) is 21.6. The number of amides is 2. The van der Waals surface area contributed by atoms with Crippen molar-refractivity contribution in [2.24, 2.45) is 0 Å². The van der Waals surface area contributed by atoms with Gasteiger partial charge in [0.2, 0.25) is 11.8 Å². The van der Waals surface area contributed by atoms with Crippen molar-refractivity contribution >= 4 is 11.8 Å². The molecule has 0 aromatic carbocycles. The van der Waals surface area contributed by atoms with Crippen molar-refractivity contribution in [3.05, 3.63) is 0 Å². The topological polar surface area (TPSA) is 840 Å². The summed E-state index contributed by atoms with van der Waals surface area (Å²) in [5.41, 5.74) is 0. The largest absolute Gasteiger partial charge is 0.394 e. The Kier molecular flexibility index (Phi) is 34.4. The van der Waals surface area contributed by atoms with Crippen LogP contribution >= 0.6 is 0 Å². The summed E-state index contributed by atoms with van der Waals surface area (Å²) in [5, 5.41) is 335. The van der Waals surface area contributed by atoms with Crippen LogP contribution in [0.2, 0.25) is 0 Å². The first kappa shape index (κ1) is 96.2. The zero-order valence-electron chi connectivity index (χ0n) is 61.9. The Balaban J connectivity index is 0.952. The number of nitrogens with one attached hydrogen (secondary N) is 2. The Morgan fingerprint density at radius 3 is 0.863 bits per heavy atom. The van der Waals surface area contributed by atoms with E-state index in [2.05, 4.69) is 10.6 Å². The van der Waals surface area contributed by atoms with Crippen molar-refractivity contribution in [3.8, 4) is 0 Å². The monoisotopic (exact) mass is 1720 g/mol. The second-order valence-corrected chi connectivity index (χ2v) is 29.6. The highest BCUT2D eigenvalue weighted by Crippen LogP contribution is 2.40. The van der Waals surface area contributed by atoms with Gasteiger partial charge in [-0.05, 0) is 0 Å². The van der Waals surface area contributed by atoms with E-state index in [-0.39, 0.29) is 0 Å². The molecule has 53 nitrogen and oxygen atoms in total. The first-order valence-electron chi connectivity index (χ1n) is 37.2. The van der Waals surface area contributed by atoms with E-state index in [9.17, 15) is 163 Å². The van der Waals surface area contributed by atoms with Gasteiger partial charge in [0.1, 0.15) is 244 Å². The van der Waals surface area contributed by atoms with Crippen LogP contribution in [0.15, 0.2) is 0 Å². The number of hydrogen-bond acceptors (Lipinski definition) is 51. The Morgan fingerprint density at radius 1 is 0.222 bits per heavy atom. The van der Waals surface area contributed by atoms with Crippen molar-refractivity contribution in [1.29, 1.82) is 0 Å². The quantitative estimate of drug-likeness (QED) is 0.0318. The fourth-order valence-electron chi connectivity index (χ4n) is 14.9. The van der Waals surface area contributed by atoms with Gasteiger partial charge in [-0.25, -0.2) is 0 Å². The molecule has 680 valence electrons. The predicted molar refractivity (Wildman–Crippen MR) is 353 cm³/mol. The van der Waals surface area contributed by atoms with E-state index in [1.807, 2.05) is 0 Å². The van der Waals surface area contributed by atoms with Gasteiger partial charge in [0.15, 0.2) is 62.9 Å². The summed E-state index contributed by atoms with van der Waals surface area (Å²) in [5.74, 6) is -1.76. The van der Waals surface area contributed by atoms with Gasteiger partial charge in [0, 0.05) is 13.8 Å². The molecule has 0 aliphatic carbocycles. The second kappa shape index (κ2) is 41.9. The molecule has 10 aliphatic rings. The van der Waals surface area contributed by atoms with Crippen molar-refractivity contribution in [1.82, 2.24) is 10.6 Å². The maximum absolute atomic E-state index is 13.0. The minimum atomic E-state index is -2.62. The molecule has 0 aromatic heterocycles. The van der Waals surface area contributed by atoms with Crippen LogP contribution in [-0.4, -0.2) is 538 Å². The molecule has 10 fully saturated rings. The van der Waals surface area contributed by atoms with Crippen LogP contribution in [0, 0.1) is 0 Å². The molecule has 10 rings (SSSR count). The van der Waals surface area contributed by atoms with Gasteiger partial charge in [-0.1, -0.05) is 0 Å². The van der Waals surface area contributed by atoms with E-state index in [0.717, 1.165) is 13.8 Å². The van der Waals surface area contributed by atoms with E-state index in [1.54, 1.807) is 0 Å². The van der Waals surface area contributed by atoms with Crippen LogP contribution in [0.1, 0.15) is 13.8 Å². The fourth-order valence-corrected chi connectivity index (χ4v) is 14.9. The number of hydrogen-bond donors (Lipinski definition) is 32. The van der Waals surface area contributed by atoms with Crippen molar-refractivity contribution in [2.75, 3.05) is 66.1 Å². The van der Waals surface area contributed by atoms with Gasteiger partial charge in [0.25, 0.3) is 0 Å². The van der Waals surface area contributed by atoms with E-state index in [0.29, 0.717) is 0 Å². The maximum atomic E-state index is 13.0. The number of carbonyl (C=O) groups is 2. The molecule has 10 saturated heterocycles. The van der Waals surface area contributed by atoms with Crippen molar-refractivity contribution in [2.45, 2.75) is 321 Å². The van der Waals surface area contributed by atoms with Gasteiger partial charge in [0.05, 0.1) is 66.1 Å². The molecule has 53 heteroatoms. The van der Waals surface area contributed by atoms with Gasteiger partial charge in [-0.2, -0.15) is 0 Å². The third kappa shape index (κ3) is 20.9. The van der Waals surface area contributed by atoms with E-state index < -0.39 is 385 Å². The van der Waals surface area contributed by atoms with Crippen LogP contribution in [0.4, 0.5) is 0 Å².